The van der Waals surface area contributed by atoms with E-state index in [-0.39, 0.29) is 17.1 Å². The van der Waals surface area contributed by atoms with Gasteiger partial charge in [0.05, 0.1) is 24.4 Å². The van der Waals surface area contributed by atoms with Gasteiger partial charge in [-0.25, -0.2) is 9.07 Å². The van der Waals surface area contributed by atoms with Gasteiger partial charge in [-0.3, -0.25) is 10.1 Å². The molecule has 6 nitrogen and oxygen atoms in total. The maximum Gasteiger partial charge on any atom is 0.269 e. The van der Waals surface area contributed by atoms with Crippen molar-refractivity contribution in [2.75, 3.05) is 13.7 Å². The smallest absolute Gasteiger partial charge is 0.269 e. The van der Waals surface area contributed by atoms with E-state index in [4.69, 9.17) is 16.3 Å². The fourth-order valence-electron chi connectivity index (χ4n) is 3.14. The summed E-state index contributed by atoms with van der Waals surface area (Å²) in [5.74, 6) is 0.0907. The minimum Gasteiger partial charge on any atom is -0.497 e. The van der Waals surface area contributed by atoms with Gasteiger partial charge in [0, 0.05) is 12.1 Å². The van der Waals surface area contributed by atoms with Crippen LogP contribution in [0.4, 0.5) is 4.39 Å². The SMILES string of the molecule is COc1cccc(-c2cc3n(n2)[C@@H](NCc2ccc(F)c(Cl)c2)CNC3=O)c1. The highest BCUT2D eigenvalue weighted by Crippen LogP contribution is 2.26. The molecule has 2 N–H and O–H groups in total. The van der Waals surface area contributed by atoms with Crippen LogP contribution in [-0.2, 0) is 6.54 Å². The third-order valence-corrected chi connectivity index (χ3v) is 4.90. The topological polar surface area (TPSA) is 68.2 Å². The summed E-state index contributed by atoms with van der Waals surface area (Å²) in [7, 11) is 1.60. The molecule has 0 saturated carbocycles. The summed E-state index contributed by atoms with van der Waals surface area (Å²) in [6.45, 7) is 0.842. The van der Waals surface area contributed by atoms with Gasteiger partial charge >= 0.3 is 0 Å². The molecule has 0 radical (unpaired) electrons. The molecule has 1 aromatic heterocycles. The third-order valence-electron chi connectivity index (χ3n) is 4.61. The fourth-order valence-corrected chi connectivity index (χ4v) is 3.34. The van der Waals surface area contributed by atoms with Crippen LogP contribution in [0.25, 0.3) is 11.3 Å². The Bertz CT molecular complexity index is 1040. The van der Waals surface area contributed by atoms with Gasteiger partial charge in [-0.2, -0.15) is 5.10 Å². The van der Waals surface area contributed by atoms with Gasteiger partial charge in [0.2, 0.25) is 0 Å². The number of ether oxygens (including phenoxy) is 1. The molecule has 1 aliphatic heterocycles. The standard InChI is InChI=1S/C20H18ClFN4O2/c1-28-14-4-2-3-13(8-14)17-9-18-20(27)24-11-19(26(18)25-17)23-10-12-5-6-16(22)15(21)7-12/h2-9,19,23H,10-11H2,1H3,(H,24,27)/t19-/m1/s1. The average Bonchev–Trinajstić information content (AvgIpc) is 3.17. The number of hydrogen-bond donors (Lipinski definition) is 2. The van der Waals surface area contributed by atoms with Gasteiger partial charge in [-0.1, -0.05) is 29.8 Å². The van der Waals surface area contributed by atoms with Gasteiger partial charge in [-0.05, 0) is 35.9 Å². The number of halogens is 2. The maximum absolute atomic E-state index is 13.3. The van der Waals surface area contributed by atoms with E-state index in [1.54, 1.807) is 30.0 Å². The second-order valence-electron chi connectivity index (χ2n) is 6.45. The molecule has 0 unspecified atom stereocenters. The molecule has 0 saturated heterocycles. The van der Waals surface area contributed by atoms with E-state index in [0.29, 0.717) is 24.5 Å². The summed E-state index contributed by atoms with van der Waals surface area (Å²) in [5, 5.41) is 10.9. The molecule has 4 rings (SSSR count). The van der Waals surface area contributed by atoms with E-state index in [1.807, 2.05) is 24.3 Å². The minimum atomic E-state index is -0.451. The molecule has 1 aliphatic rings. The van der Waals surface area contributed by atoms with Crippen LogP contribution < -0.4 is 15.4 Å². The molecule has 8 heteroatoms. The van der Waals surface area contributed by atoms with Gasteiger partial charge in [0.25, 0.3) is 5.91 Å². The highest BCUT2D eigenvalue weighted by molar-refractivity contribution is 6.30. The number of methoxy groups -OCH3 is 1. The zero-order valence-corrected chi connectivity index (χ0v) is 15.8. The predicted octanol–water partition coefficient (Wildman–Crippen LogP) is 3.38. The minimum absolute atomic E-state index is 0.0799. The largest absolute Gasteiger partial charge is 0.497 e. The average molecular weight is 401 g/mol. The van der Waals surface area contributed by atoms with Crippen LogP contribution in [0, 0.1) is 5.82 Å². The molecular weight excluding hydrogens is 383 g/mol. The summed E-state index contributed by atoms with van der Waals surface area (Å²) >= 11 is 5.84. The zero-order valence-electron chi connectivity index (χ0n) is 15.1. The molecule has 0 aliphatic carbocycles. The second-order valence-corrected chi connectivity index (χ2v) is 6.85. The number of rotatable bonds is 5. The molecule has 1 amide bonds. The first-order valence-electron chi connectivity index (χ1n) is 8.74. The van der Waals surface area contributed by atoms with Crippen molar-refractivity contribution >= 4 is 17.5 Å². The van der Waals surface area contributed by atoms with Crippen LogP contribution in [0.3, 0.4) is 0 Å². The number of nitrogens with zero attached hydrogens (tertiary/aromatic N) is 2. The number of fused-ring (bicyclic) bond motifs is 1. The Kier molecular flexibility index (Phi) is 5.02. The lowest BCUT2D eigenvalue weighted by atomic mass is 10.1. The Morgan fingerprint density at radius 1 is 1.32 bits per heavy atom. The highest BCUT2D eigenvalue weighted by atomic mass is 35.5. The van der Waals surface area contributed by atoms with E-state index in [1.165, 1.54) is 6.07 Å². The van der Waals surface area contributed by atoms with Gasteiger partial charge in [0.15, 0.2) is 0 Å². The van der Waals surface area contributed by atoms with Crippen LogP contribution in [0.5, 0.6) is 5.75 Å². The van der Waals surface area contributed by atoms with Crippen molar-refractivity contribution in [3.05, 3.63) is 70.6 Å². The third kappa shape index (κ3) is 3.58. The second kappa shape index (κ2) is 7.61. The molecule has 0 bridgehead atoms. The van der Waals surface area contributed by atoms with Crippen molar-refractivity contribution < 1.29 is 13.9 Å². The quantitative estimate of drug-likeness (QED) is 0.689. The number of amides is 1. The zero-order chi connectivity index (χ0) is 19.7. The number of benzene rings is 2. The summed E-state index contributed by atoms with van der Waals surface area (Å²) in [4.78, 5) is 12.3. The number of carbonyl (C=O) groups excluding carboxylic acids is 1. The van der Waals surface area contributed by atoms with Crippen molar-refractivity contribution in [3.63, 3.8) is 0 Å². The van der Waals surface area contributed by atoms with Gasteiger partial charge < -0.3 is 10.1 Å². The van der Waals surface area contributed by atoms with Crippen molar-refractivity contribution in [3.8, 4) is 17.0 Å². The molecule has 0 spiro atoms. The number of nitrogens with one attached hydrogen (secondary N) is 2. The summed E-state index contributed by atoms with van der Waals surface area (Å²) < 4.78 is 20.3. The molecule has 1 atom stereocenters. The van der Waals surface area contributed by atoms with Crippen LogP contribution in [0.15, 0.2) is 48.5 Å². The predicted molar refractivity (Wildman–Crippen MR) is 104 cm³/mol. The first-order valence-corrected chi connectivity index (χ1v) is 9.12. The van der Waals surface area contributed by atoms with Crippen molar-refractivity contribution in [2.24, 2.45) is 0 Å². The fraction of sp³-hybridized carbons (Fsp3) is 0.200. The van der Waals surface area contributed by atoms with E-state index < -0.39 is 5.82 Å². The Labute approximate surface area is 166 Å². The highest BCUT2D eigenvalue weighted by Gasteiger charge is 2.27. The molecule has 0 fully saturated rings. The van der Waals surface area contributed by atoms with Crippen molar-refractivity contribution in [2.45, 2.75) is 12.7 Å². The van der Waals surface area contributed by atoms with Gasteiger partial charge in [0.1, 0.15) is 23.4 Å². The molecular formula is C20H18ClFN4O2. The summed E-state index contributed by atoms with van der Waals surface area (Å²) in [5.41, 5.74) is 2.85. The van der Waals surface area contributed by atoms with Crippen LogP contribution >= 0.6 is 11.6 Å². The Morgan fingerprint density at radius 2 is 2.18 bits per heavy atom. The van der Waals surface area contributed by atoms with Gasteiger partial charge in [-0.15, -0.1) is 0 Å². The lowest BCUT2D eigenvalue weighted by molar-refractivity contribution is 0.0900. The van der Waals surface area contributed by atoms with E-state index >= 15 is 0 Å². The maximum atomic E-state index is 13.3. The lowest BCUT2D eigenvalue weighted by Crippen LogP contribution is -2.45. The Balaban J connectivity index is 1.59. The molecule has 2 heterocycles. The molecule has 2 aromatic carbocycles. The number of carbonyl (C=O) groups is 1. The lowest BCUT2D eigenvalue weighted by Gasteiger charge is -2.25. The van der Waals surface area contributed by atoms with Crippen LogP contribution in [-0.4, -0.2) is 29.3 Å². The summed E-state index contributed by atoms with van der Waals surface area (Å²) in [6.07, 6.45) is -0.240. The number of aromatic nitrogens is 2. The first kappa shape index (κ1) is 18.5. The van der Waals surface area contributed by atoms with E-state index in [9.17, 15) is 9.18 Å². The number of hydrogen-bond acceptors (Lipinski definition) is 4. The molecule has 144 valence electrons. The van der Waals surface area contributed by atoms with Crippen LogP contribution in [0.2, 0.25) is 5.02 Å². The van der Waals surface area contributed by atoms with E-state index in [2.05, 4.69) is 15.7 Å². The molecule has 28 heavy (non-hydrogen) atoms. The van der Waals surface area contributed by atoms with E-state index in [0.717, 1.165) is 16.9 Å². The summed E-state index contributed by atoms with van der Waals surface area (Å²) in [6, 6.07) is 13.9. The Hall–Kier alpha value is -2.90. The van der Waals surface area contributed by atoms with Crippen molar-refractivity contribution in [1.82, 2.24) is 20.4 Å². The molecule has 3 aromatic rings. The van der Waals surface area contributed by atoms with Crippen LogP contribution in [0.1, 0.15) is 22.2 Å². The van der Waals surface area contributed by atoms with Crippen molar-refractivity contribution in [1.29, 1.82) is 0 Å². The monoisotopic (exact) mass is 400 g/mol. The normalized spacial score (nSPS) is 15.8. The Morgan fingerprint density at radius 3 is 2.96 bits per heavy atom. The first-order chi connectivity index (χ1) is 13.5.